The summed E-state index contributed by atoms with van der Waals surface area (Å²) >= 11 is 1.31. The molecule has 1 aromatic carbocycles. The van der Waals surface area contributed by atoms with Crippen LogP contribution in [0.3, 0.4) is 0 Å². The maximum atomic E-state index is 13.8. The van der Waals surface area contributed by atoms with Gasteiger partial charge in [0.1, 0.15) is 5.82 Å². The monoisotopic (exact) mass is 425 g/mol. The van der Waals surface area contributed by atoms with Gasteiger partial charge in [-0.15, -0.1) is 11.3 Å². The number of sulfonamides is 1. The van der Waals surface area contributed by atoms with Gasteiger partial charge in [-0.1, -0.05) is 18.2 Å². The van der Waals surface area contributed by atoms with Crippen molar-refractivity contribution in [2.45, 2.75) is 39.0 Å². The van der Waals surface area contributed by atoms with E-state index in [0.29, 0.717) is 30.2 Å². The highest BCUT2D eigenvalue weighted by Gasteiger charge is 2.25. The van der Waals surface area contributed by atoms with E-state index in [1.807, 2.05) is 6.92 Å². The van der Waals surface area contributed by atoms with E-state index in [2.05, 4.69) is 10.3 Å². The highest BCUT2D eigenvalue weighted by atomic mass is 32.2. The number of nitrogens with zero attached hydrogens (tertiary/aromatic N) is 2. The Morgan fingerprint density at radius 2 is 2.00 bits per heavy atom. The number of halogens is 1. The van der Waals surface area contributed by atoms with Crippen LogP contribution in [-0.4, -0.2) is 42.5 Å². The fraction of sp³-hybridized carbons (Fsp3) is 0.474. The van der Waals surface area contributed by atoms with E-state index in [4.69, 9.17) is 0 Å². The van der Waals surface area contributed by atoms with E-state index in [1.165, 1.54) is 21.7 Å². The molecular weight excluding hydrogens is 401 g/mol. The summed E-state index contributed by atoms with van der Waals surface area (Å²) in [5.41, 5.74) is 1.33. The van der Waals surface area contributed by atoms with Crippen LogP contribution in [0.1, 0.15) is 41.8 Å². The third kappa shape index (κ3) is 5.36. The summed E-state index contributed by atoms with van der Waals surface area (Å²) in [5.74, 6) is -0.543. The van der Waals surface area contributed by atoms with Crippen LogP contribution in [0, 0.1) is 12.7 Å². The van der Waals surface area contributed by atoms with Crippen molar-refractivity contribution in [1.29, 1.82) is 0 Å². The lowest BCUT2D eigenvalue weighted by atomic mass is 10.1. The molecule has 1 fully saturated rings. The molecule has 1 amide bonds. The second-order valence-electron chi connectivity index (χ2n) is 6.87. The predicted molar refractivity (Wildman–Crippen MR) is 109 cm³/mol. The predicted octanol–water partition coefficient (Wildman–Crippen LogP) is 3.33. The maximum absolute atomic E-state index is 13.8. The Morgan fingerprint density at radius 3 is 2.71 bits per heavy atom. The quantitative estimate of drug-likeness (QED) is 0.704. The molecule has 152 valence electrons. The lowest BCUT2D eigenvalue weighted by Crippen LogP contribution is -2.30. The lowest BCUT2D eigenvalue weighted by molar-refractivity contribution is -0.116. The molecule has 1 aromatic heterocycles. The first-order chi connectivity index (χ1) is 13.3. The molecule has 1 N–H and O–H groups in total. The molecule has 0 unspecified atom stereocenters. The minimum atomic E-state index is -3.27. The second kappa shape index (κ2) is 9.11. The molecule has 0 atom stereocenters. The van der Waals surface area contributed by atoms with E-state index >= 15 is 0 Å². The zero-order valence-electron chi connectivity index (χ0n) is 15.8. The number of thiazole rings is 1. The summed E-state index contributed by atoms with van der Waals surface area (Å²) < 4.78 is 39.7. The van der Waals surface area contributed by atoms with Crippen LogP contribution >= 0.6 is 11.3 Å². The molecule has 2 aromatic rings. The molecule has 3 rings (SSSR count). The molecular formula is C19H24FN3O3S2. The Hall–Kier alpha value is -1.84. The number of hydrogen-bond acceptors (Lipinski definition) is 5. The van der Waals surface area contributed by atoms with Gasteiger partial charge in [0, 0.05) is 30.8 Å². The molecule has 1 saturated heterocycles. The summed E-state index contributed by atoms with van der Waals surface area (Å²) in [6, 6.07) is 6.58. The first-order valence-electron chi connectivity index (χ1n) is 9.32. The first-order valence-corrected chi connectivity index (χ1v) is 11.7. The summed E-state index contributed by atoms with van der Waals surface area (Å²) in [7, 11) is -3.27. The standard InChI is InChI=1S/C19H24FN3O3S2/c1-14-17(13-15-7-2-3-8-16(15)20)27-19(21-14)22-18(24)9-6-12-28(25,26)23-10-4-5-11-23/h2-3,7-8H,4-6,9-13H2,1H3,(H,21,22,24). The van der Waals surface area contributed by atoms with Gasteiger partial charge in [-0.05, 0) is 37.8 Å². The van der Waals surface area contributed by atoms with Gasteiger partial charge < -0.3 is 5.32 Å². The number of rotatable bonds is 8. The van der Waals surface area contributed by atoms with Crippen molar-refractivity contribution >= 4 is 32.4 Å². The minimum absolute atomic E-state index is 0.0180. The third-order valence-electron chi connectivity index (χ3n) is 4.71. The van der Waals surface area contributed by atoms with Gasteiger partial charge in [0.15, 0.2) is 5.13 Å². The average Bonchev–Trinajstić information content (AvgIpc) is 3.28. The van der Waals surface area contributed by atoms with Gasteiger partial charge in [-0.2, -0.15) is 0 Å². The molecule has 0 bridgehead atoms. The molecule has 0 saturated carbocycles. The van der Waals surface area contributed by atoms with Crippen LogP contribution in [0.15, 0.2) is 24.3 Å². The van der Waals surface area contributed by atoms with Crippen LogP contribution in [-0.2, 0) is 21.2 Å². The third-order valence-corrected chi connectivity index (χ3v) is 7.74. The first kappa shape index (κ1) is 20.9. The van der Waals surface area contributed by atoms with Gasteiger partial charge in [-0.3, -0.25) is 4.79 Å². The van der Waals surface area contributed by atoms with Crippen molar-refractivity contribution in [3.63, 3.8) is 0 Å². The number of aromatic nitrogens is 1. The Labute approximate surface area is 168 Å². The second-order valence-corrected chi connectivity index (χ2v) is 10.0. The molecule has 0 radical (unpaired) electrons. The normalized spacial score (nSPS) is 15.1. The van der Waals surface area contributed by atoms with Crippen LogP contribution < -0.4 is 5.32 Å². The number of benzene rings is 1. The van der Waals surface area contributed by atoms with Gasteiger partial charge in [0.05, 0.1) is 11.4 Å². The molecule has 28 heavy (non-hydrogen) atoms. The summed E-state index contributed by atoms with van der Waals surface area (Å²) in [6.07, 6.45) is 2.61. The van der Waals surface area contributed by atoms with Crippen molar-refractivity contribution < 1.29 is 17.6 Å². The van der Waals surface area contributed by atoms with Crippen molar-refractivity contribution in [1.82, 2.24) is 9.29 Å². The van der Waals surface area contributed by atoms with Crippen LogP contribution in [0.25, 0.3) is 0 Å². The van der Waals surface area contributed by atoms with Crippen molar-refractivity contribution in [3.8, 4) is 0 Å². The molecule has 1 aliphatic rings. The number of hydrogen-bond donors (Lipinski definition) is 1. The molecule has 0 spiro atoms. The van der Waals surface area contributed by atoms with Gasteiger partial charge in [-0.25, -0.2) is 22.1 Å². The fourth-order valence-electron chi connectivity index (χ4n) is 3.15. The highest BCUT2D eigenvalue weighted by molar-refractivity contribution is 7.89. The van der Waals surface area contributed by atoms with E-state index in [9.17, 15) is 17.6 Å². The number of anilines is 1. The minimum Gasteiger partial charge on any atom is -0.302 e. The van der Waals surface area contributed by atoms with Gasteiger partial charge in [0.25, 0.3) is 0 Å². The number of aryl methyl sites for hydroxylation is 1. The SMILES string of the molecule is Cc1nc(NC(=O)CCCS(=O)(=O)N2CCCC2)sc1Cc1ccccc1F. The van der Waals surface area contributed by atoms with E-state index in [0.717, 1.165) is 23.4 Å². The van der Waals surface area contributed by atoms with Crippen molar-refractivity contribution in [2.24, 2.45) is 0 Å². The zero-order valence-corrected chi connectivity index (χ0v) is 17.4. The average molecular weight is 426 g/mol. The summed E-state index contributed by atoms with van der Waals surface area (Å²) in [5, 5.41) is 3.18. The highest BCUT2D eigenvalue weighted by Crippen LogP contribution is 2.26. The number of carbonyl (C=O) groups excluding carboxylic acids is 1. The van der Waals surface area contributed by atoms with Crippen molar-refractivity contribution in [3.05, 3.63) is 46.2 Å². The topological polar surface area (TPSA) is 79.4 Å². The molecule has 0 aliphatic carbocycles. The van der Waals surface area contributed by atoms with E-state index < -0.39 is 10.0 Å². The number of nitrogens with one attached hydrogen (secondary N) is 1. The lowest BCUT2D eigenvalue weighted by Gasteiger charge is -2.14. The Morgan fingerprint density at radius 1 is 1.29 bits per heavy atom. The Balaban J connectivity index is 1.51. The van der Waals surface area contributed by atoms with Crippen LogP contribution in [0.4, 0.5) is 9.52 Å². The van der Waals surface area contributed by atoms with E-state index in [-0.39, 0.29) is 30.3 Å². The zero-order chi connectivity index (χ0) is 20.1. The largest absolute Gasteiger partial charge is 0.302 e. The maximum Gasteiger partial charge on any atom is 0.226 e. The van der Waals surface area contributed by atoms with E-state index in [1.54, 1.807) is 18.2 Å². The fourth-order valence-corrected chi connectivity index (χ4v) is 5.74. The van der Waals surface area contributed by atoms with Crippen LogP contribution in [0.5, 0.6) is 0 Å². The number of carbonyl (C=O) groups is 1. The summed E-state index contributed by atoms with van der Waals surface area (Å²) in [4.78, 5) is 17.4. The Kier molecular flexibility index (Phi) is 6.79. The molecule has 1 aliphatic heterocycles. The molecule has 6 nitrogen and oxygen atoms in total. The number of amides is 1. The van der Waals surface area contributed by atoms with Crippen LogP contribution in [0.2, 0.25) is 0 Å². The van der Waals surface area contributed by atoms with Crippen molar-refractivity contribution in [2.75, 3.05) is 24.2 Å². The van der Waals surface area contributed by atoms with Gasteiger partial charge >= 0.3 is 0 Å². The Bertz CT molecular complexity index is 938. The molecule has 9 heteroatoms. The summed E-state index contributed by atoms with van der Waals surface area (Å²) in [6.45, 7) is 2.99. The smallest absolute Gasteiger partial charge is 0.226 e. The van der Waals surface area contributed by atoms with Gasteiger partial charge in [0.2, 0.25) is 15.9 Å². The molecule has 2 heterocycles.